The molecule has 386 valence electrons. The lowest BCUT2D eigenvalue weighted by Gasteiger charge is -2.33. The van der Waals surface area contributed by atoms with Crippen molar-refractivity contribution in [1.82, 2.24) is 0 Å². The van der Waals surface area contributed by atoms with Crippen molar-refractivity contribution in [1.29, 1.82) is 0 Å². The number of hydrogen-bond acceptors (Lipinski definition) is 6. The molecule has 10 aromatic rings. The predicted octanol–water partition coefficient (Wildman–Crippen LogP) is 20.7. The van der Waals surface area contributed by atoms with Gasteiger partial charge in [0.15, 0.2) is 0 Å². The molecule has 0 saturated carbocycles. The van der Waals surface area contributed by atoms with Crippen LogP contribution < -0.4 is 27.1 Å². The van der Waals surface area contributed by atoms with Crippen molar-refractivity contribution in [2.24, 2.45) is 0 Å². The molecule has 0 N–H and O–H groups in total. The van der Waals surface area contributed by atoms with Gasteiger partial charge in [-0.25, -0.2) is 0 Å². The Bertz CT molecular complexity index is 3310. The molecule has 6 nitrogen and oxygen atoms in total. The summed E-state index contributed by atoms with van der Waals surface area (Å²) in [6, 6.07) is 66.6. The van der Waals surface area contributed by atoms with Gasteiger partial charge < -0.3 is 27.1 Å². The molecular weight excluding hydrogens is 975 g/mol. The van der Waals surface area contributed by atoms with E-state index in [1.165, 1.54) is 0 Å². The van der Waals surface area contributed by atoms with Crippen LogP contribution in [0.3, 0.4) is 0 Å². The highest BCUT2D eigenvalue weighted by Crippen LogP contribution is 2.57. The van der Waals surface area contributed by atoms with Gasteiger partial charge in [-0.2, -0.15) is 0 Å². The second kappa shape index (κ2) is 20.8. The maximum Gasteiger partial charge on any atom is 0.530 e. The summed E-state index contributed by atoms with van der Waals surface area (Å²) in [4.78, 5) is 0. The van der Waals surface area contributed by atoms with E-state index in [2.05, 4.69) is 180 Å². The Labute approximate surface area is 451 Å². The van der Waals surface area contributed by atoms with Gasteiger partial charge in [-0.05, 0) is 90.7 Å². The fourth-order valence-corrected chi connectivity index (χ4v) is 11.7. The maximum absolute atomic E-state index is 7.64. The van der Waals surface area contributed by atoms with E-state index >= 15 is 0 Å². The molecule has 0 bridgehead atoms. The first-order valence-corrected chi connectivity index (χ1v) is 28.4. The van der Waals surface area contributed by atoms with Crippen LogP contribution in [-0.4, -0.2) is 0 Å². The quantitative estimate of drug-likeness (QED) is 0.107. The maximum atomic E-state index is 7.64. The molecule has 0 aromatic heterocycles. The summed E-state index contributed by atoms with van der Waals surface area (Å²) in [7, 11) is -4.43. The third-order valence-corrected chi connectivity index (χ3v) is 15.9. The van der Waals surface area contributed by atoms with E-state index in [9.17, 15) is 0 Å². The van der Waals surface area contributed by atoms with Gasteiger partial charge >= 0.3 is 17.2 Å². The van der Waals surface area contributed by atoms with E-state index in [1.54, 1.807) is 0 Å². The van der Waals surface area contributed by atoms with Crippen molar-refractivity contribution in [3.63, 3.8) is 0 Å². The fraction of sp³-hybridized carbons (Fsp3) is 0.235. The van der Waals surface area contributed by atoms with Crippen LogP contribution in [0.4, 0.5) is 0 Å². The van der Waals surface area contributed by atoms with Crippen LogP contribution in [0.15, 0.2) is 194 Å². The van der Waals surface area contributed by atoms with E-state index < -0.39 is 28.0 Å². The molecule has 0 heterocycles. The molecule has 0 atom stereocenters. The topological polar surface area (TPSA) is 55.4 Å². The van der Waals surface area contributed by atoms with Crippen molar-refractivity contribution >= 4 is 60.3 Å². The van der Waals surface area contributed by atoms with Crippen LogP contribution in [0.2, 0.25) is 0 Å². The average molecular weight is 1040 g/mol. The molecule has 0 amide bonds. The third kappa shape index (κ3) is 11.2. The molecular formula is C68H68O6P2. The fourth-order valence-electron chi connectivity index (χ4n) is 9.52. The van der Waals surface area contributed by atoms with Crippen LogP contribution in [0.1, 0.15) is 105 Å². The molecule has 10 aromatic carbocycles. The van der Waals surface area contributed by atoms with Gasteiger partial charge in [0.25, 0.3) is 0 Å². The van der Waals surface area contributed by atoms with E-state index in [1.807, 2.05) is 97.1 Å². The van der Waals surface area contributed by atoms with Gasteiger partial charge in [-0.1, -0.05) is 241 Å². The van der Waals surface area contributed by atoms with E-state index in [-0.39, 0.29) is 10.8 Å². The molecule has 10 rings (SSSR count). The summed E-state index contributed by atoms with van der Waals surface area (Å²) in [6.07, 6.45) is 0. The molecule has 0 fully saturated rings. The molecule has 0 radical (unpaired) electrons. The Morgan fingerprint density at radius 1 is 0.263 bits per heavy atom. The zero-order valence-corrected chi connectivity index (χ0v) is 47.6. The third-order valence-electron chi connectivity index (χ3n) is 13.8. The molecule has 8 heteroatoms. The Balaban J connectivity index is 1.24. The Kier molecular flexibility index (Phi) is 14.3. The first-order chi connectivity index (χ1) is 36.2. The van der Waals surface area contributed by atoms with Gasteiger partial charge in [0.1, 0.15) is 34.5 Å². The Morgan fingerprint density at radius 2 is 0.513 bits per heavy atom. The number of fused-ring (bicyclic) bond motifs is 4. The SMILES string of the molecule is CC(C)(C)c1cc(-c2cc(C(C)(C)C)cc(C(C)(C)C)c2OP(Oc2cccc3ccccc23)Oc2cccc3ccccc23)c(OP(Oc2cccc3ccccc23)Oc2cccc3ccccc23)c(C(C)(C)C)c1. The summed E-state index contributed by atoms with van der Waals surface area (Å²) in [5, 5.41) is 8.02. The lowest BCUT2D eigenvalue weighted by molar-refractivity contribution is 0.382. The van der Waals surface area contributed by atoms with Crippen LogP contribution in [0, 0.1) is 0 Å². The van der Waals surface area contributed by atoms with Crippen molar-refractivity contribution in [2.45, 2.75) is 105 Å². The molecule has 76 heavy (non-hydrogen) atoms. The van der Waals surface area contributed by atoms with Crippen molar-refractivity contribution in [2.75, 3.05) is 0 Å². The van der Waals surface area contributed by atoms with Crippen LogP contribution in [0.5, 0.6) is 34.5 Å². The van der Waals surface area contributed by atoms with Crippen LogP contribution >= 0.6 is 17.2 Å². The van der Waals surface area contributed by atoms with Crippen LogP contribution in [-0.2, 0) is 21.7 Å². The van der Waals surface area contributed by atoms with Crippen molar-refractivity contribution in [3.05, 3.63) is 216 Å². The second-order valence-corrected chi connectivity index (χ2v) is 25.7. The van der Waals surface area contributed by atoms with Gasteiger partial charge in [0, 0.05) is 43.8 Å². The monoisotopic (exact) mass is 1040 g/mol. The van der Waals surface area contributed by atoms with Crippen molar-refractivity contribution < 1.29 is 27.1 Å². The molecule has 0 aliphatic heterocycles. The summed E-state index contributed by atoms with van der Waals surface area (Å²) >= 11 is 0. The molecule has 0 saturated heterocycles. The minimum absolute atomic E-state index is 0.270. The molecule has 0 aliphatic rings. The van der Waals surface area contributed by atoms with Gasteiger partial charge in [-0.15, -0.1) is 0 Å². The molecule has 0 spiro atoms. The standard InChI is InChI=1S/C68H68O6P2/c1-65(2,3)49-41-55(63(57(43-49)67(7,8)9)73-75(69-59-37-21-29-45-25-13-17-33-51(45)59)70-60-38-22-30-46-26-14-18-34-52(46)60)56-42-50(66(4,5)6)44-58(68(10,11)12)64(56)74-76(71-61-39-23-31-47-27-15-19-35-53(47)61)72-62-40-24-32-48-28-16-20-36-54(48)62/h13-44H,1-12H3. The van der Waals surface area contributed by atoms with E-state index in [0.717, 1.165) is 76.5 Å². The van der Waals surface area contributed by atoms with Gasteiger partial charge in [-0.3, -0.25) is 0 Å². The predicted molar refractivity (Wildman–Crippen MR) is 320 cm³/mol. The summed E-state index contributed by atoms with van der Waals surface area (Å²) in [5.41, 5.74) is 4.55. The van der Waals surface area contributed by atoms with Crippen LogP contribution in [0.25, 0.3) is 54.2 Å². The lowest BCUT2D eigenvalue weighted by atomic mass is 9.75. The summed E-state index contributed by atoms with van der Waals surface area (Å²) in [5.74, 6) is 3.90. The highest BCUT2D eigenvalue weighted by Gasteiger charge is 2.36. The smallest absolute Gasteiger partial charge is 0.408 e. The number of rotatable bonds is 13. The van der Waals surface area contributed by atoms with Gasteiger partial charge in [0.2, 0.25) is 0 Å². The minimum Gasteiger partial charge on any atom is -0.408 e. The Hall–Kier alpha value is -7.10. The first-order valence-electron chi connectivity index (χ1n) is 26.2. The normalized spacial score (nSPS) is 12.4. The molecule has 0 aliphatic carbocycles. The average Bonchev–Trinajstić information content (AvgIpc) is 3.46. The van der Waals surface area contributed by atoms with Gasteiger partial charge in [0.05, 0.1) is 0 Å². The number of hydrogen-bond donors (Lipinski definition) is 0. The zero-order valence-electron chi connectivity index (χ0n) is 45.8. The largest absolute Gasteiger partial charge is 0.530 e. The summed E-state index contributed by atoms with van der Waals surface area (Å²) in [6.45, 7) is 27.0. The number of benzene rings is 10. The second-order valence-electron chi connectivity index (χ2n) is 23.7. The Morgan fingerprint density at radius 3 is 0.763 bits per heavy atom. The first kappa shape index (κ1) is 52.3. The van der Waals surface area contributed by atoms with E-state index in [4.69, 9.17) is 27.1 Å². The highest BCUT2D eigenvalue weighted by molar-refractivity contribution is 7.43. The highest BCUT2D eigenvalue weighted by atomic mass is 31.2. The zero-order chi connectivity index (χ0) is 53.6. The lowest BCUT2D eigenvalue weighted by Crippen LogP contribution is -2.20. The minimum atomic E-state index is -2.22. The van der Waals surface area contributed by atoms with E-state index in [0.29, 0.717) is 34.5 Å². The molecule has 0 unspecified atom stereocenters. The van der Waals surface area contributed by atoms with Crippen molar-refractivity contribution in [3.8, 4) is 45.6 Å². The summed E-state index contributed by atoms with van der Waals surface area (Å²) < 4.78 is 43.9.